The molecule has 0 aliphatic carbocycles. The third kappa shape index (κ3) is 1.03. The van der Waals surface area contributed by atoms with Crippen LogP contribution in [0, 0.1) is 0 Å². The number of aromatic nitrogens is 2. The predicted molar refractivity (Wildman–Crippen MR) is 50.3 cm³/mol. The Balaban J connectivity index is 2.57. The molecule has 1 heterocycles. The number of benzene rings is 1. The van der Waals surface area contributed by atoms with Crippen molar-refractivity contribution in [2.45, 2.75) is 6.92 Å². The lowest BCUT2D eigenvalue weighted by Crippen LogP contribution is -1.96. The first-order valence-electron chi connectivity index (χ1n) is 4.08. The number of fused-ring (bicyclic) bond motifs is 1. The normalized spacial score (nSPS) is 10.4. The van der Waals surface area contributed by atoms with Crippen LogP contribution in [0.1, 0.15) is 6.92 Å². The van der Waals surface area contributed by atoms with Crippen molar-refractivity contribution in [1.82, 2.24) is 9.97 Å². The van der Waals surface area contributed by atoms with Gasteiger partial charge in [-0.1, -0.05) is 6.07 Å². The molecule has 2 aromatic rings. The van der Waals surface area contributed by atoms with Gasteiger partial charge < -0.3 is 10.3 Å². The fourth-order valence-corrected chi connectivity index (χ4v) is 1.30. The number of imidazole rings is 1. The fourth-order valence-electron chi connectivity index (χ4n) is 1.30. The highest BCUT2D eigenvalue weighted by molar-refractivity contribution is 5.87. The van der Waals surface area contributed by atoms with E-state index in [-0.39, 0.29) is 0 Å². The Bertz CT molecular complexity index is 378. The van der Waals surface area contributed by atoms with Gasteiger partial charge in [-0.2, -0.15) is 0 Å². The summed E-state index contributed by atoms with van der Waals surface area (Å²) in [6, 6.07) is 6.06. The van der Waals surface area contributed by atoms with Gasteiger partial charge in [0, 0.05) is 6.54 Å². The van der Waals surface area contributed by atoms with E-state index in [2.05, 4.69) is 22.2 Å². The number of nitrogens with zero attached hydrogens (tertiary/aromatic N) is 1. The molecule has 2 rings (SSSR count). The Labute approximate surface area is 70.8 Å². The second-order valence-corrected chi connectivity index (χ2v) is 2.63. The van der Waals surface area contributed by atoms with Crippen molar-refractivity contribution in [3.63, 3.8) is 0 Å². The minimum atomic E-state index is 0.923. The first kappa shape index (κ1) is 7.16. The molecule has 3 heteroatoms. The SMILES string of the molecule is CCNc1cccc2[nH]cnc12. The molecule has 0 aliphatic heterocycles. The summed E-state index contributed by atoms with van der Waals surface area (Å²) >= 11 is 0. The van der Waals surface area contributed by atoms with Gasteiger partial charge in [-0.05, 0) is 19.1 Å². The molecule has 0 atom stereocenters. The molecule has 1 aromatic heterocycles. The van der Waals surface area contributed by atoms with Gasteiger partial charge in [0.15, 0.2) is 0 Å². The van der Waals surface area contributed by atoms with Gasteiger partial charge in [-0.15, -0.1) is 0 Å². The Kier molecular flexibility index (Phi) is 1.70. The summed E-state index contributed by atoms with van der Waals surface area (Å²) in [4.78, 5) is 7.29. The van der Waals surface area contributed by atoms with E-state index in [1.165, 1.54) is 0 Å². The molecule has 1 aromatic carbocycles. The number of rotatable bonds is 2. The van der Waals surface area contributed by atoms with E-state index in [1.54, 1.807) is 6.33 Å². The van der Waals surface area contributed by atoms with Crippen molar-refractivity contribution in [1.29, 1.82) is 0 Å². The smallest absolute Gasteiger partial charge is 0.111 e. The lowest BCUT2D eigenvalue weighted by atomic mass is 10.2. The maximum atomic E-state index is 4.22. The highest BCUT2D eigenvalue weighted by atomic mass is 14.9. The second-order valence-electron chi connectivity index (χ2n) is 2.63. The number of anilines is 1. The molecule has 0 amide bonds. The Morgan fingerprint density at radius 2 is 2.42 bits per heavy atom. The first-order valence-corrected chi connectivity index (χ1v) is 4.08. The van der Waals surface area contributed by atoms with Crippen LogP contribution in [0.2, 0.25) is 0 Å². The van der Waals surface area contributed by atoms with E-state index < -0.39 is 0 Å². The molecule has 12 heavy (non-hydrogen) atoms. The van der Waals surface area contributed by atoms with E-state index in [0.717, 1.165) is 23.3 Å². The number of aromatic amines is 1. The molecule has 0 radical (unpaired) electrons. The van der Waals surface area contributed by atoms with Crippen molar-refractivity contribution >= 4 is 16.7 Å². The van der Waals surface area contributed by atoms with Crippen LogP contribution >= 0.6 is 0 Å². The van der Waals surface area contributed by atoms with Crippen LogP contribution in [0.5, 0.6) is 0 Å². The van der Waals surface area contributed by atoms with Crippen molar-refractivity contribution in [3.05, 3.63) is 24.5 Å². The molecular weight excluding hydrogens is 150 g/mol. The van der Waals surface area contributed by atoms with E-state index in [9.17, 15) is 0 Å². The zero-order valence-corrected chi connectivity index (χ0v) is 6.96. The fraction of sp³-hybridized carbons (Fsp3) is 0.222. The summed E-state index contributed by atoms with van der Waals surface area (Å²) in [6.07, 6.45) is 1.71. The van der Waals surface area contributed by atoms with Gasteiger partial charge in [-0.25, -0.2) is 4.98 Å². The minimum Gasteiger partial charge on any atom is -0.384 e. The van der Waals surface area contributed by atoms with Crippen LogP contribution in [0.3, 0.4) is 0 Å². The van der Waals surface area contributed by atoms with Crippen LogP contribution in [0.25, 0.3) is 11.0 Å². The largest absolute Gasteiger partial charge is 0.384 e. The molecule has 0 fully saturated rings. The van der Waals surface area contributed by atoms with Crippen molar-refractivity contribution in [2.75, 3.05) is 11.9 Å². The number of nitrogens with one attached hydrogen (secondary N) is 2. The van der Waals surface area contributed by atoms with Gasteiger partial charge in [0.25, 0.3) is 0 Å². The second kappa shape index (κ2) is 2.85. The average molecular weight is 161 g/mol. The van der Waals surface area contributed by atoms with Crippen molar-refractivity contribution < 1.29 is 0 Å². The highest BCUT2D eigenvalue weighted by Gasteiger charge is 1.99. The van der Waals surface area contributed by atoms with Gasteiger partial charge in [0.2, 0.25) is 0 Å². The molecule has 0 aliphatic rings. The zero-order chi connectivity index (χ0) is 8.39. The molecular formula is C9H11N3. The van der Waals surface area contributed by atoms with Gasteiger partial charge in [-0.3, -0.25) is 0 Å². The quantitative estimate of drug-likeness (QED) is 0.707. The molecule has 2 N–H and O–H groups in total. The molecule has 0 unspecified atom stereocenters. The Hall–Kier alpha value is -1.51. The number of hydrogen-bond donors (Lipinski definition) is 2. The maximum absolute atomic E-state index is 4.22. The Morgan fingerprint density at radius 1 is 1.50 bits per heavy atom. The molecule has 0 bridgehead atoms. The summed E-state index contributed by atoms with van der Waals surface area (Å²) < 4.78 is 0. The highest BCUT2D eigenvalue weighted by Crippen LogP contribution is 2.18. The summed E-state index contributed by atoms with van der Waals surface area (Å²) in [5.74, 6) is 0. The number of para-hydroxylation sites is 1. The number of H-pyrrole nitrogens is 1. The van der Waals surface area contributed by atoms with Crippen LogP contribution in [-0.4, -0.2) is 16.5 Å². The van der Waals surface area contributed by atoms with Crippen LogP contribution in [0.15, 0.2) is 24.5 Å². The zero-order valence-electron chi connectivity index (χ0n) is 6.96. The molecule has 62 valence electrons. The maximum Gasteiger partial charge on any atom is 0.111 e. The molecule has 0 spiro atoms. The van der Waals surface area contributed by atoms with Gasteiger partial charge in [0.05, 0.1) is 17.5 Å². The third-order valence-electron chi connectivity index (χ3n) is 1.82. The van der Waals surface area contributed by atoms with Crippen LogP contribution < -0.4 is 5.32 Å². The number of hydrogen-bond acceptors (Lipinski definition) is 2. The summed E-state index contributed by atoms with van der Waals surface area (Å²) in [7, 11) is 0. The van der Waals surface area contributed by atoms with Crippen molar-refractivity contribution in [2.24, 2.45) is 0 Å². The summed E-state index contributed by atoms with van der Waals surface area (Å²) in [5.41, 5.74) is 3.18. The monoisotopic (exact) mass is 161 g/mol. The van der Waals surface area contributed by atoms with Gasteiger partial charge in [0.1, 0.15) is 5.52 Å². The lowest BCUT2D eigenvalue weighted by Gasteiger charge is -2.02. The molecule has 0 saturated heterocycles. The summed E-state index contributed by atoms with van der Waals surface area (Å²) in [6.45, 7) is 3.00. The van der Waals surface area contributed by atoms with E-state index in [4.69, 9.17) is 0 Å². The average Bonchev–Trinajstić information content (AvgIpc) is 2.53. The van der Waals surface area contributed by atoms with E-state index >= 15 is 0 Å². The minimum absolute atomic E-state index is 0.923. The standard InChI is InChI=1S/C9H11N3/c1-2-10-7-4-3-5-8-9(7)12-6-11-8/h3-6,10H,2H2,1H3,(H,11,12). The predicted octanol–water partition coefficient (Wildman–Crippen LogP) is 1.99. The van der Waals surface area contributed by atoms with E-state index in [0.29, 0.717) is 0 Å². The van der Waals surface area contributed by atoms with Crippen molar-refractivity contribution in [3.8, 4) is 0 Å². The molecule has 0 saturated carbocycles. The topological polar surface area (TPSA) is 40.7 Å². The first-order chi connectivity index (χ1) is 5.92. The van der Waals surface area contributed by atoms with Crippen LogP contribution in [0.4, 0.5) is 5.69 Å². The Morgan fingerprint density at radius 3 is 3.25 bits per heavy atom. The summed E-state index contributed by atoms with van der Waals surface area (Å²) in [5, 5.41) is 3.25. The van der Waals surface area contributed by atoms with Gasteiger partial charge >= 0.3 is 0 Å². The van der Waals surface area contributed by atoms with Crippen LogP contribution in [-0.2, 0) is 0 Å². The van der Waals surface area contributed by atoms with E-state index in [1.807, 2.05) is 18.2 Å². The molecule has 3 nitrogen and oxygen atoms in total. The lowest BCUT2D eigenvalue weighted by molar-refractivity contribution is 1.21. The third-order valence-corrected chi connectivity index (χ3v) is 1.82.